The minimum Gasteiger partial charge on any atom is -0.390 e. The lowest BCUT2D eigenvalue weighted by atomic mass is 9.47. The van der Waals surface area contributed by atoms with Crippen LogP contribution in [-0.2, 0) is 4.79 Å². The van der Waals surface area contributed by atoms with Crippen molar-refractivity contribution < 1.29 is 9.90 Å². The fraction of sp³-hybridized carbons (Fsp3) is 0.957. The Morgan fingerprint density at radius 1 is 0.963 bits per heavy atom. The molecule has 27 heavy (non-hydrogen) atoms. The van der Waals surface area contributed by atoms with E-state index in [4.69, 9.17) is 0 Å². The van der Waals surface area contributed by atoms with E-state index in [9.17, 15) is 9.90 Å². The van der Waals surface area contributed by atoms with Crippen molar-refractivity contribution in [2.75, 3.05) is 33.2 Å². The molecule has 6 aliphatic rings. The molecular formula is C23H38N2O2. The third kappa shape index (κ3) is 3.46. The molecule has 2 unspecified atom stereocenters. The normalized spacial score (nSPS) is 43.9. The number of hydrogen-bond acceptors (Lipinski definition) is 3. The first kappa shape index (κ1) is 18.4. The number of carbonyl (C=O) groups is 1. The Hall–Kier alpha value is -0.610. The molecule has 0 radical (unpaired) electrons. The molecule has 2 heterocycles. The number of likely N-dealkylation sites (tertiary alicyclic amines) is 2. The van der Waals surface area contributed by atoms with Gasteiger partial charge in [-0.15, -0.1) is 0 Å². The molecule has 0 aromatic carbocycles. The Labute approximate surface area is 164 Å². The fourth-order valence-corrected chi connectivity index (χ4v) is 8.16. The molecule has 6 rings (SSSR count). The molecule has 4 nitrogen and oxygen atoms in total. The summed E-state index contributed by atoms with van der Waals surface area (Å²) in [6.07, 6.45) is 13.7. The van der Waals surface area contributed by atoms with Gasteiger partial charge in [0.1, 0.15) is 0 Å². The maximum absolute atomic E-state index is 13.2. The van der Waals surface area contributed by atoms with Crippen molar-refractivity contribution in [2.45, 2.75) is 82.7 Å². The number of rotatable bonds is 2. The number of carbonyl (C=O) groups excluding carboxylic acids is 1. The summed E-state index contributed by atoms with van der Waals surface area (Å²) in [5.41, 5.74) is 0.177. The predicted molar refractivity (Wildman–Crippen MR) is 106 cm³/mol. The third-order valence-electron chi connectivity index (χ3n) is 9.13. The van der Waals surface area contributed by atoms with Crippen LogP contribution in [-0.4, -0.2) is 59.6 Å². The standard InChI is InChI=1S/C23H38N2O2/c1-24-7-2-3-21(4-8-24)5-9-25(10-6-21)20(26)16-22-12-18-11-19(13-22)15-23(27,14-18)17-22/h18-19,27H,2-17H2,1H3/t18-,19+,22?,23?. The zero-order valence-corrected chi connectivity index (χ0v) is 17.2. The van der Waals surface area contributed by atoms with Gasteiger partial charge in [-0.05, 0) is 113 Å². The Balaban J connectivity index is 1.21. The average molecular weight is 375 g/mol. The number of piperidine rings is 1. The molecule has 152 valence electrons. The molecule has 0 aromatic heterocycles. The second-order valence-corrected chi connectivity index (χ2v) is 11.4. The topological polar surface area (TPSA) is 43.8 Å². The Bertz CT molecular complexity index is 581. The smallest absolute Gasteiger partial charge is 0.223 e. The average Bonchev–Trinajstić information content (AvgIpc) is 2.75. The maximum atomic E-state index is 13.2. The third-order valence-corrected chi connectivity index (χ3v) is 9.13. The summed E-state index contributed by atoms with van der Waals surface area (Å²) in [4.78, 5) is 17.9. The van der Waals surface area contributed by atoms with E-state index in [2.05, 4.69) is 16.8 Å². The van der Waals surface area contributed by atoms with E-state index in [-0.39, 0.29) is 5.41 Å². The van der Waals surface area contributed by atoms with Gasteiger partial charge in [-0.1, -0.05) is 0 Å². The van der Waals surface area contributed by atoms with Crippen molar-refractivity contribution in [3.63, 3.8) is 0 Å². The van der Waals surface area contributed by atoms with Crippen LogP contribution >= 0.6 is 0 Å². The van der Waals surface area contributed by atoms with Crippen LogP contribution in [0.4, 0.5) is 0 Å². The van der Waals surface area contributed by atoms with Crippen LogP contribution in [0.15, 0.2) is 0 Å². The van der Waals surface area contributed by atoms with E-state index in [1.54, 1.807) is 0 Å². The number of nitrogens with zero attached hydrogens (tertiary/aromatic N) is 2. The van der Waals surface area contributed by atoms with Crippen LogP contribution in [0.3, 0.4) is 0 Å². The minimum absolute atomic E-state index is 0.121. The summed E-state index contributed by atoms with van der Waals surface area (Å²) in [6.45, 7) is 4.39. The van der Waals surface area contributed by atoms with Gasteiger partial charge in [0.25, 0.3) is 0 Å². The highest BCUT2D eigenvalue weighted by Crippen LogP contribution is 2.63. The van der Waals surface area contributed by atoms with E-state index in [0.717, 1.165) is 32.4 Å². The minimum atomic E-state index is -0.442. The van der Waals surface area contributed by atoms with E-state index in [1.807, 2.05) is 0 Å². The molecule has 1 amide bonds. The van der Waals surface area contributed by atoms with Crippen molar-refractivity contribution in [3.8, 4) is 0 Å². The van der Waals surface area contributed by atoms with E-state index < -0.39 is 5.60 Å². The quantitative estimate of drug-likeness (QED) is 0.805. The Morgan fingerprint density at radius 3 is 2.30 bits per heavy atom. The van der Waals surface area contributed by atoms with E-state index in [1.165, 1.54) is 64.5 Å². The summed E-state index contributed by atoms with van der Waals surface area (Å²) < 4.78 is 0. The first-order valence-corrected chi connectivity index (χ1v) is 11.6. The molecule has 4 bridgehead atoms. The molecule has 4 saturated carbocycles. The Morgan fingerprint density at radius 2 is 1.63 bits per heavy atom. The SMILES string of the molecule is CN1CCCC2(CC1)CCN(C(=O)CC13C[C@@H]4C[C@@H](CC(O)(C4)C1)C3)CC2. The monoisotopic (exact) mass is 374 g/mol. The number of aliphatic hydroxyl groups is 1. The Kier molecular flexibility index (Phi) is 4.40. The predicted octanol–water partition coefficient (Wildman–Crippen LogP) is 3.43. The van der Waals surface area contributed by atoms with Crippen molar-refractivity contribution in [2.24, 2.45) is 22.7 Å². The molecule has 2 saturated heterocycles. The number of amides is 1. The molecule has 2 aliphatic heterocycles. The van der Waals surface area contributed by atoms with Crippen LogP contribution in [0.25, 0.3) is 0 Å². The first-order chi connectivity index (χ1) is 12.9. The lowest BCUT2D eigenvalue weighted by molar-refractivity contribution is -0.172. The molecule has 6 fully saturated rings. The largest absolute Gasteiger partial charge is 0.390 e. The van der Waals surface area contributed by atoms with Gasteiger partial charge < -0.3 is 14.9 Å². The fourth-order valence-electron chi connectivity index (χ4n) is 8.16. The molecule has 4 atom stereocenters. The van der Waals surface area contributed by atoms with Crippen molar-refractivity contribution in [1.29, 1.82) is 0 Å². The van der Waals surface area contributed by atoms with Crippen molar-refractivity contribution >= 4 is 5.91 Å². The van der Waals surface area contributed by atoms with Gasteiger partial charge in [0.2, 0.25) is 5.91 Å². The van der Waals surface area contributed by atoms with Crippen LogP contribution in [0.2, 0.25) is 0 Å². The van der Waals surface area contributed by atoms with Gasteiger partial charge in [0.15, 0.2) is 0 Å². The van der Waals surface area contributed by atoms with Gasteiger partial charge in [0, 0.05) is 19.5 Å². The van der Waals surface area contributed by atoms with Gasteiger partial charge in [-0.2, -0.15) is 0 Å². The molecule has 4 aliphatic carbocycles. The van der Waals surface area contributed by atoms with Gasteiger partial charge >= 0.3 is 0 Å². The summed E-state index contributed by atoms with van der Waals surface area (Å²) in [5, 5.41) is 11.0. The highest BCUT2D eigenvalue weighted by Gasteiger charge is 2.57. The molecular weight excluding hydrogens is 336 g/mol. The summed E-state index contributed by atoms with van der Waals surface area (Å²) in [6, 6.07) is 0. The second-order valence-electron chi connectivity index (χ2n) is 11.4. The highest BCUT2D eigenvalue weighted by molar-refractivity contribution is 5.77. The second kappa shape index (κ2) is 6.45. The van der Waals surface area contributed by atoms with Crippen molar-refractivity contribution in [1.82, 2.24) is 9.80 Å². The maximum Gasteiger partial charge on any atom is 0.223 e. The highest BCUT2D eigenvalue weighted by atomic mass is 16.3. The molecule has 1 N–H and O–H groups in total. The van der Waals surface area contributed by atoms with Gasteiger partial charge in [-0.3, -0.25) is 4.79 Å². The van der Waals surface area contributed by atoms with Crippen LogP contribution in [0, 0.1) is 22.7 Å². The molecule has 4 heteroatoms. The lowest BCUT2D eigenvalue weighted by Crippen LogP contribution is -2.57. The molecule has 1 spiro atoms. The van der Waals surface area contributed by atoms with Gasteiger partial charge in [0.05, 0.1) is 5.60 Å². The van der Waals surface area contributed by atoms with Crippen LogP contribution in [0.5, 0.6) is 0 Å². The summed E-state index contributed by atoms with van der Waals surface area (Å²) in [7, 11) is 2.25. The zero-order chi connectivity index (χ0) is 18.7. The summed E-state index contributed by atoms with van der Waals surface area (Å²) >= 11 is 0. The van der Waals surface area contributed by atoms with Crippen LogP contribution in [0.1, 0.15) is 77.0 Å². The summed E-state index contributed by atoms with van der Waals surface area (Å²) in [5.74, 6) is 1.74. The lowest BCUT2D eigenvalue weighted by Gasteiger charge is -2.60. The van der Waals surface area contributed by atoms with Crippen LogP contribution < -0.4 is 0 Å². The number of hydrogen-bond donors (Lipinski definition) is 1. The first-order valence-electron chi connectivity index (χ1n) is 11.6. The molecule has 0 aromatic rings. The van der Waals surface area contributed by atoms with Crippen molar-refractivity contribution in [3.05, 3.63) is 0 Å². The van der Waals surface area contributed by atoms with E-state index >= 15 is 0 Å². The zero-order valence-electron chi connectivity index (χ0n) is 17.2. The van der Waals surface area contributed by atoms with Gasteiger partial charge in [-0.25, -0.2) is 0 Å². The van der Waals surface area contributed by atoms with E-state index in [0.29, 0.717) is 29.6 Å².